The molecule has 4 rings (SSSR count). The Kier molecular flexibility index (Phi) is 4.41. The molecule has 1 aromatic carbocycles. The van der Waals surface area contributed by atoms with Gasteiger partial charge in [0.15, 0.2) is 0 Å². The fraction of sp³-hybridized carbons (Fsp3) is 0.100. The van der Waals surface area contributed by atoms with E-state index in [0.29, 0.717) is 16.6 Å². The number of anilines is 1. The first-order valence-corrected chi connectivity index (χ1v) is 8.68. The second kappa shape index (κ2) is 6.83. The number of aryl methyl sites for hydroxylation is 1. The Morgan fingerprint density at radius 1 is 1.20 bits per heavy atom. The Hall–Kier alpha value is -3.95. The smallest absolute Gasteiger partial charge is 0.321 e. The molecule has 0 radical (unpaired) electrons. The van der Waals surface area contributed by atoms with Crippen LogP contribution in [0.1, 0.15) is 5.56 Å². The normalized spacial score (nSPS) is 11.7. The number of halogens is 3. The molecule has 1 N–H and O–H groups in total. The van der Waals surface area contributed by atoms with Crippen molar-refractivity contribution in [3.05, 3.63) is 71.3 Å². The van der Waals surface area contributed by atoms with Gasteiger partial charge in [-0.15, -0.1) is 0 Å². The van der Waals surface area contributed by atoms with Crippen LogP contribution in [0.3, 0.4) is 0 Å². The molecule has 0 aliphatic carbocycles. The highest BCUT2D eigenvalue weighted by atomic mass is 19.4. The molecule has 10 heteroatoms. The van der Waals surface area contributed by atoms with Crippen molar-refractivity contribution in [2.75, 3.05) is 5.32 Å². The van der Waals surface area contributed by atoms with Crippen molar-refractivity contribution >= 4 is 33.5 Å². The molecule has 3 aromatic heterocycles. The first kappa shape index (κ1) is 19.4. The second-order valence-electron chi connectivity index (χ2n) is 6.54. The van der Waals surface area contributed by atoms with Crippen LogP contribution in [0.5, 0.6) is 0 Å². The maximum Gasteiger partial charge on any atom is 0.416 e. The van der Waals surface area contributed by atoms with E-state index in [1.54, 1.807) is 13.1 Å². The summed E-state index contributed by atoms with van der Waals surface area (Å²) in [6, 6.07) is 5.82. The van der Waals surface area contributed by atoms with Gasteiger partial charge in [0.2, 0.25) is 5.91 Å². The van der Waals surface area contributed by atoms with Crippen LogP contribution < -0.4 is 10.9 Å². The molecule has 0 saturated heterocycles. The van der Waals surface area contributed by atoms with Gasteiger partial charge in [0.05, 0.1) is 28.5 Å². The zero-order valence-corrected chi connectivity index (χ0v) is 15.6. The summed E-state index contributed by atoms with van der Waals surface area (Å²) in [6.45, 7) is 3.39. The summed E-state index contributed by atoms with van der Waals surface area (Å²) < 4.78 is 41.4. The average molecular weight is 413 g/mol. The molecule has 7 nitrogen and oxygen atoms in total. The number of hydrogen-bond acceptors (Lipinski definition) is 4. The van der Waals surface area contributed by atoms with Crippen LogP contribution in [-0.2, 0) is 18.0 Å². The molecule has 30 heavy (non-hydrogen) atoms. The van der Waals surface area contributed by atoms with E-state index < -0.39 is 23.2 Å². The third-order valence-electron chi connectivity index (χ3n) is 4.50. The van der Waals surface area contributed by atoms with E-state index in [1.807, 2.05) is 0 Å². The fourth-order valence-corrected chi connectivity index (χ4v) is 3.17. The largest absolute Gasteiger partial charge is 0.416 e. The number of rotatable bonds is 3. The number of benzene rings is 1. The van der Waals surface area contributed by atoms with Crippen LogP contribution in [0.4, 0.5) is 18.9 Å². The summed E-state index contributed by atoms with van der Waals surface area (Å²) in [5, 5.41) is 7.61. The average Bonchev–Trinajstić information content (AvgIpc) is 3.10. The third kappa shape index (κ3) is 3.21. The molecular weight excluding hydrogens is 399 g/mol. The lowest BCUT2D eigenvalue weighted by Crippen LogP contribution is -2.20. The highest BCUT2D eigenvalue weighted by Crippen LogP contribution is 2.30. The van der Waals surface area contributed by atoms with E-state index in [4.69, 9.17) is 0 Å². The lowest BCUT2D eigenvalue weighted by atomic mass is 10.1. The quantitative estimate of drug-likeness (QED) is 0.522. The fourth-order valence-electron chi connectivity index (χ4n) is 3.17. The Morgan fingerprint density at radius 2 is 1.90 bits per heavy atom. The predicted molar refractivity (Wildman–Crippen MR) is 105 cm³/mol. The van der Waals surface area contributed by atoms with Crippen molar-refractivity contribution in [2.45, 2.75) is 6.18 Å². The van der Waals surface area contributed by atoms with Crippen molar-refractivity contribution in [1.82, 2.24) is 19.3 Å². The van der Waals surface area contributed by atoms with Crippen LogP contribution in [0.2, 0.25) is 0 Å². The molecular formula is C20H14F3N5O2. The molecule has 152 valence electrons. The molecule has 1 amide bonds. The zero-order chi connectivity index (χ0) is 21.6. The maximum absolute atomic E-state index is 13.1. The van der Waals surface area contributed by atoms with Gasteiger partial charge in [0.25, 0.3) is 5.56 Å². The highest BCUT2D eigenvalue weighted by molar-refractivity contribution is 6.05. The molecule has 0 fully saturated rings. The summed E-state index contributed by atoms with van der Waals surface area (Å²) in [4.78, 5) is 29.0. The first-order chi connectivity index (χ1) is 14.2. The first-order valence-electron chi connectivity index (χ1n) is 8.68. The molecule has 0 saturated carbocycles. The number of fused-ring (bicyclic) bond motifs is 3. The number of amides is 1. The summed E-state index contributed by atoms with van der Waals surface area (Å²) in [7, 11) is 1.64. The number of nitrogens with zero attached hydrogens (tertiary/aromatic N) is 4. The van der Waals surface area contributed by atoms with Crippen molar-refractivity contribution in [1.29, 1.82) is 0 Å². The van der Waals surface area contributed by atoms with Gasteiger partial charge in [-0.25, -0.2) is 4.98 Å². The van der Waals surface area contributed by atoms with E-state index in [1.165, 1.54) is 33.8 Å². The minimum absolute atomic E-state index is 0.197. The number of aromatic nitrogens is 4. The molecule has 0 spiro atoms. The zero-order valence-electron chi connectivity index (χ0n) is 15.6. The monoisotopic (exact) mass is 413 g/mol. The molecule has 0 atom stereocenters. The van der Waals surface area contributed by atoms with Crippen molar-refractivity contribution in [3.8, 4) is 5.69 Å². The molecule has 3 heterocycles. The lowest BCUT2D eigenvalue weighted by Gasteiger charge is -2.13. The van der Waals surface area contributed by atoms with E-state index in [9.17, 15) is 22.8 Å². The van der Waals surface area contributed by atoms with Gasteiger partial charge in [-0.1, -0.05) is 6.58 Å². The predicted octanol–water partition coefficient (Wildman–Crippen LogP) is 3.42. The van der Waals surface area contributed by atoms with E-state index in [-0.39, 0.29) is 16.7 Å². The summed E-state index contributed by atoms with van der Waals surface area (Å²) in [5.41, 5.74) is -0.157. The Balaban J connectivity index is 2.01. The van der Waals surface area contributed by atoms with Gasteiger partial charge in [0, 0.05) is 18.6 Å². The highest BCUT2D eigenvalue weighted by Gasteiger charge is 2.30. The maximum atomic E-state index is 13.1. The molecule has 0 aliphatic rings. The summed E-state index contributed by atoms with van der Waals surface area (Å²) >= 11 is 0. The lowest BCUT2D eigenvalue weighted by molar-refractivity contribution is -0.137. The topological polar surface area (TPSA) is 81.8 Å². The molecule has 0 unspecified atom stereocenters. The minimum Gasteiger partial charge on any atom is -0.321 e. The van der Waals surface area contributed by atoms with Gasteiger partial charge >= 0.3 is 6.18 Å². The van der Waals surface area contributed by atoms with Crippen LogP contribution in [0.15, 0.2) is 60.2 Å². The van der Waals surface area contributed by atoms with Crippen LogP contribution in [0, 0.1) is 0 Å². The summed E-state index contributed by atoms with van der Waals surface area (Å²) in [5.74, 6) is -0.440. The second-order valence-corrected chi connectivity index (χ2v) is 6.54. The molecule has 0 bridgehead atoms. The van der Waals surface area contributed by atoms with E-state index in [2.05, 4.69) is 22.0 Å². The summed E-state index contributed by atoms with van der Waals surface area (Å²) in [6.07, 6.45) is -0.524. The number of alkyl halides is 3. The van der Waals surface area contributed by atoms with Gasteiger partial charge in [0.1, 0.15) is 11.2 Å². The van der Waals surface area contributed by atoms with Crippen molar-refractivity contribution < 1.29 is 18.0 Å². The van der Waals surface area contributed by atoms with Gasteiger partial charge in [-0.05, 0) is 36.4 Å². The van der Waals surface area contributed by atoms with Crippen molar-refractivity contribution in [3.63, 3.8) is 0 Å². The van der Waals surface area contributed by atoms with Gasteiger partial charge in [-0.3, -0.25) is 18.8 Å². The number of carbonyl (C=O) groups is 1. The SMILES string of the molecule is C=CC(=O)Nc1cnc2c(c1)c1nn(C)cc1c(=O)n2-c1ccc(C(F)(F)F)cc1. The van der Waals surface area contributed by atoms with Crippen LogP contribution in [-0.4, -0.2) is 25.2 Å². The molecule has 4 aromatic rings. The minimum atomic E-state index is -4.49. The number of hydrogen-bond donors (Lipinski definition) is 1. The standard InChI is InChI=1S/C20H14F3N5O2/c1-3-16(29)25-12-8-14-17-15(10-27(2)26-17)19(30)28(18(14)24-9-12)13-6-4-11(5-7-13)20(21,22)23/h3-10H,1H2,2H3,(H,25,29). The Morgan fingerprint density at radius 3 is 2.53 bits per heavy atom. The number of carbonyl (C=O) groups excluding carboxylic acids is 1. The Bertz CT molecular complexity index is 1370. The van der Waals surface area contributed by atoms with Crippen molar-refractivity contribution in [2.24, 2.45) is 7.05 Å². The van der Waals surface area contributed by atoms with Gasteiger partial charge < -0.3 is 5.32 Å². The van der Waals surface area contributed by atoms with Crippen LogP contribution >= 0.6 is 0 Å². The van der Waals surface area contributed by atoms with E-state index >= 15 is 0 Å². The molecule has 0 aliphatic heterocycles. The van der Waals surface area contributed by atoms with Crippen LogP contribution in [0.25, 0.3) is 27.6 Å². The number of nitrogens with one attached hydrogen (secondary N) is 1. The van der Waals surface area contributed by atoms with E-state index in [0.717, 1.165) is 18.2 Å². The van der Waals surface area contributed by atoms with Gasteiger partial charge in [-0.2, -0.15) is 18.3 Å². The Labute approximate surface area is 167 Å². The number of pyridine rings is 2. The third-order valence-corrected chi connectivity index (χ3v) is 4.50.